The lowest BCUT2D eigenvalue weighted by molar-refractivity contribution is 0.370. The van der Waals surface area contributed by atoms with Gasteiger partial charge in [-0.3, -0.25) is 0 Å². The largest absolute Gasteiger partial charge is 0.227 e. The Morgan fingerprint density at radius 3 is 2.46 bits per heavy atom. The van der Waals surface area contributed by atoms with Gasteiger partial charge in [0.05, 0.1) is 6.07 Å². The van der Waals surface area contributed by atoms with Gasteiger partial charge in [0.15, 0.2) is 5.75 Å². The van der Waals surface area contributed by atoms with Gasteiger partial charge in [0.2, 0.25) is 10.0 Å². The van der Waals surface area contributed by atoms with Crippen molar-refractivity contribution < 1.29 is 8.42 Å². The molecule has 0 saturated heterocycles. The number of hydrogen-bond acceptors (Lipinski definition) is 3. The van der Waals surface area contributed by atoms with Crippen molar-refractivity contribution in [1.82, 2.24) is 4.31 Å². The van der Waals surface area contributed by atoms with E-state index in [-0.39, 0.29) is 6.04 Å². The maximum Gasteiger partial charge on any atom is 0.227 e. The van der Waals surface area contributed by atoms with Crippen molar-refractivity contribution in [2.45, 2.75) is 32.7 Å². The molecule has 0 aromatic heterocycles. The fraction of sp³-hybridized carbons (Fsp3) is 0.875. The molecule has 0 radical (unpaired) electrons. The van der Waals surface area contributed by atoms with Gasteiger partial charge in [0.25, 0.3) is 0 Å². The summed E-state index contributed by atoms with van der Waals surface area (Å²) in [5.41, 5.74) is 0. The molecule has 0 rings (SSSR count). The Labute approximate surface area is 80.2 Å². The highest BCUT2D eigenvalue weighted by Gasteiger charge is 2.21. The van der Waals surface area contributed by atoms with Crippen LogP contribution in [0.3, 0.4) is 0 Å². The normalized spacial score (nSPS) is 14.1. The van der Waals surface area contributed by atoms with Crippen molar-refractivity contribution >= 4 is 10.0 Å². The van der Waals surface area contributed by atoms with E-state index in [4.69, 9.17) is 5.26 Å². The number of hydrogen-bond donors (Lipinski definition) is 0. The molecule has 0 aliphatic rings. The molecule has 0 bridgehead atoms. The van der Waals surface area contributed by atoms with Gasteiger partial charge in [0, 0.05) is 13.1 Å². The first-order chi connectivity index (χ1) is 5.95. The van der Waals surface area contributed by atoms with Crippen LogP contribution in [-0.4, -0.2) is 31.6 Å². The monoisotopic (exact) mass is 204 g/mol. The van der Waals surface area contributed by atoms with E-state index in [0.717, 1.165) is 12.8 Å². The molecule has 0 spiro atoms. The Balaban J connectivity index is 4.42. The molecule has 0 amide bonds. The Morgan fingerprint density at radius 1 is 1.54 bits per heavy atom. The van der Waals surface area contributed by atoms with Gasteiger partial charge < -0.3 is 0 Å². The van der Waals surface area contributed by atoms with Crippen LogP contribution in [-0.2, 0) is 10.0 Å². The first kappa shape index (κ1) is 12.4. The molecule has 1 unspecified atom stereocenters. The zero-order valence-corrected chi connectivity index (χ0v) is 9.13. The van der Waals surface area contributed by atoms with Gasteiger partial charge in [-0.2, -0.15) is 5.26 Å². The molecule has 13 heavy (non-hydrogen) atoms. The van der Waals surface area contributed by atoms with E-state index >= 15 is 0 Å². The zero-order valence-electron chi connectivity index (χ0n) is 8.32. The van der Waals surface area contributed by atoms with Crippen molar-refractivity contribution in [1.29, 1.82) is 5.26 Å². The van der Waals surface area contributed by atoms with Crippen LogP contribution < -0.4 is 0 Å². The van der Waals surface area contributed by atoms with Gasteiger partial charge in [-0.05, 0) is 13.3 Å². The lowest BCUT2D eigenvalue weighted by Gasteiger charge is -2.22. The molecule has 0 aliphatic heterocycles. The lowest BCUT2D eigenvalue weighted by atomic mass is 10.2. The number of sulfonamides is 1. The minimum atomic E-state index is -3.36. The third kappa shape index (κ3) is 3.75. The van der Waals surface area contributed by atoms with E-state index in [2.05, 4.69) is 0 Å². The van der Waals surface area contributed by atoms with Gasteiger partial charge in [-0.15, -0.1) is 0 Å². The SMILES string of the molecule is CCCC(C)N(C)S(=O)(=O)CC#N. The average molecular weight is 204 g/mol. The first-order valence-corrected chi connectivity index (χ1v) is 5.89. The van der Waals surface area contributed by atoms with Crippen LogP contribution in [0.1, 0.15) is 26.7 Å². The van der Waals surface area contributed by atoms with Crippen LogP contribution in [0.25, 0.3) is 0 Å². The highest BCUT2D eigenvalue weighted by molar-refractivity contribution is 7.89. The lowest BCUT2D eigenvalue weighted by Crippen LogP contribution is -2.36. The molecule has 5 heteroatoms. The zero-order chi connectivity index (χ0) is 10.5. The summed E-state index contributed by atoms with van der Waals surface area (Å²) in [6.07, 6.45) is 1.76. The summed E-state index contributed by atoms with van der Waals surface area (Å²) in [7, 11) is -1.84. The third-order valence-electron chi connectivity index (χ3n) is 2.01. The Bertz CT molecular complexity index is 279. The van der Waals surface area contributed by atoms with Crippen LogP contribution in [0.4, 0.5) is 0 Å². The van der Waals surface area contributed by atoms with Crippen molar-refractivity contribution in [3.05, 3.63) is 0 Å². The van der Waals surface area contributed by atoms with Crippen LogP contribution in [0, 0.1) is 11.3 Å². The second kappa shape index (κ2) is 5.20. The number of nitrogens with zero attached hydrogens (tertiary/aromatic N) is 2. The van der Waals surface area contributed by atoms with E-state index < -0.39 is 15.8 Å². The molecule has 1 atom stereocenters. The van der Waals surface area contributed by atoms with Crippen molar-refractivity contribution in [2.24, 2.45) is 0 Å². The summed E-state index contributed by atoms with van der Waals surface area (Å²) in [6.45, 7) is 3.85. The predicted octanol–water partition coefficient (Wildman–Crippen LogP) is 0.960. The van der Waals surface area contributed by atoms with Crippen molar-refractivity contribution in [2.75, 3.05) is 12.8 Å². The van der Waals surface area contributed by atoms with E-state index in [9.17, 15) is 8.42 Å². The molecule has 0 saturated carbocycles. The maximum absolute atomic E-state index is 11.4. The highest BCUT2D eigenvalue weighted by Crippen LogP contribution is 2.09. The van der Waals surface area contributed by atoms with E-state index in [1.165, 1.54) is 11.4 Å². The number of rotatable bonds is 5. The molecule has 0 heterocycles. The Kier molecular flexibility index (Phi) is 4.96. The Hall–Kier alpha value is -0.600. The molecular formula is C8H16N2O2S. The minimum absolute atomic E-state index is 0.0247. The highest BCUT2D eigenvalue weighted by atomic mass is 32.2. The molecule has 76 valence electrons. The second-order valence-corrected chi connectivity index (χ2v) is 5.10. The number of nitriles is 1. The molecule has 0 fully saturated rings. The summed E-state index contributed by atoms with van der Waals surface area (Å²) < 4.78 is 24.0. The predicted molar refractivity (Wildman–Crippen MR) is 51.5 cm³/mol. The van der Waals surface area contributed by atoms with Crippen molar-refractivity contribution in [3.63, 3.8) is 0 Å². The van der Waals surface area contributed by atoms with Crippen LogP contribution >= 0.6 is 0 Å². The first-order valence-electron chi connectivity index (χ1n) is 4.28. The summed E-state index contributed by atoms with van der Waals surface area (Å²) in [6, 6.07) is 1.63. The summed E-state index contributed by atoms with van der Waals surface area (Å²) in [4.78, 5) is 0. The van der Waals surface area contributed by atoms with Crippen LogP contribution in [0.5, 0.6) is 0 Å². The van der Waals surface area contributed by atoms with E-state index in [0.29, 0.717) is 0 Å². The van der Waals surface area contributed by atoms with E-state index in [1.807, 2.05) is 13.8 Å². The fourth-order valence-electron chi connectivity index (χ4n) is 1.06. The molecule has 0 aliphatic carbocycles. The smallest absolute Gasteiger partial charge is 0.211 e. The van der Waals surface area contributed by atoms with Crippen molar-refractivity contribution in [3.8, 4) is 6.07 Å². The summed E-state index contributed by atoms with van der Waals surface area (Å²) in [5, 5.41) is 8.31. The summed E-state index contributed by atoms with van der Waals surface area (Å²) in [5.74, 6) is -0.433. The topological polar surface area (TPSA) is 61.2 Å². The van der Waals surface area contributed by atoms with Crippen LogP contribution in [0.2, 0.25) is 0 Å². The summed E-state index contributed by atoms with van der Waals surface area (Å²) >= 11 is 0. The second-order valence-electron chi connectivity index (χ2n) is 3.07. The molecule has 0 aromatic rings. The fourth-order valence-corrected chi connectivity index (χ4v) is 2.08. The van der Waals surface area contributed by atoms with Gasteiger partial charge in [-0.1, -0.05) is 13.3 Å². The average Bonchev–Trinajstić information content (AvgIpc) is 2.03. The molecule has 0 aromatic carbocycles. The minimum Gasteiger partial charge on any atom is -0.211 e. The van der Waals surface area contributed by atoms with Crippen LogP contribution in [0.15, 0.2) is 0 Å². The quantitative estimate of drug-likeness (QED) is 0.670. The molecule has 4 nitrogen and oxygen atoms in total. The maximum atomic E-state index is 11.4. The van der Waals surface area contributed by atoms with Gasteiger partial charge >= 0.3 is 0 Å². The standard InChI is InChI=1S/C8H16N2O2S/c1-4-5-8(2)10(3)13(11,12)7-6-9/h8H,4-5,7H2,1-3H3. The Morgan fingerprint density at radius 2 is 2.08 bits per heavy atom. The van der Waals surface area contributed by atoms with E-state index in [1.54, 1.807) is 6.07 Å². The molecule has 0 N–H and O–H groups in total. The molecular weight excluding hydrogens is 188 g/mol. The van der Waals surface area contributed by atoms with Gasteiger partial charge in [0.1, 0.15) is 0 Å². The van der Waals surface area contributed by atoms with Gasteiger partial charge in [-0.25, -0.2) is 12.7 Å². The third-order valence-corrected chi connectivity index (χ3v) is 3.74.